The van der Waals surface area contributed by atoms with E-state index >= 15 is 0 Å². The number of hydrogen-bond donors (Lipinski definition) is 0. The molecular formula is C16H14O. The minimum Gasteiger partial charge on any atom is -0.294 e. The molecule has 3 rings (SSSR count). The van der Waals surface area contributed by atoms with E-state index in [0.29, 0.717) is 6.42 Å². The summed E-state index contributed by atoms with van der Waals surface area (Å²) in [4.78, 5) is 11.8. The van der Waals surface area contributed by atoms with Crippen molar-refractivity contribution in [2.24, 2.45) is 0 Å². The van der Waals surface area contributed by atoms with Crippen LogP contribution in [0.3, 0.4) is 0 Å². The molecule has 2 aromatic rings. The lowest BCUT2D eigenvalue weighted by Crippen LogP contribution is -1.94. The van der Waals surface area contributed by atoms with E-state index in [9.17, 15) is 4.79 Å². The summed E-state index contributed by atoms with van der Waals surface area (Å²) in [5.41, 5.74) is 5.76. The lowest BCUT2D eigenvalue weighted by molar-refractivity contribution is 0.0994. The quantitative estimate of drug-likeness (QED) is 0.717. The van der Waals surface area contributed by atoms with Gasteiger partial charge in [-0.25, -0.2) is 0 Å². The zero-order valence-electron chi connectivity index (χ0n) is 9.86. The average Bonchev–Trinajstić information content (AvgIpc) is 2.70. The van der Waals surface area contributed by atoms with Crippen LogP contribution in [0.15, 0.2) is 42.5 Å². The van der Waals surface area contributed by atoms with Crippen molar-refractivity contribution in [3.05, 3.63) is 59.2 Å². The Morgan fingerprint density at radius 2 is 1.71 bits per heavy atom. The molecule has 0 amide bonds. The first kappa shape index (κ1) is 10.3. The van der Waals surface area contributed by atoms with Gasteiger partial charge in [-0.05, 0) is 41.7 Å². The molecule has 17 heavy (non-hydrogen) atoms. The number of hydrogen-bond acceptors (Lipinski definition) is 1. The molecule has 0 saturated heterocycles. The highest BCUT2D eigenvalue weighted by molar-refractivity contribution is 6.01. The van der Waals surface area contributed by atoms with Gasteiger partial charge in [0.25, 0.3) is 0 Å². The van der Waals surface area contributed by atoms with Gasteiger partial charge in [0, 0.05) is 12.0 Å². The van der Waals surface area contributed by atoms with Crippen molar-refractivity contribution in [3.8, 4) is 11.1 Å². The summed E-state index contributed by atoms with van der Waals surface area (Å²) in [5, 5.41) is 0. The molecule has 0 N–H and O–H groups in total. The Kier molecular flexibility index (Phi) is 2.32. The molecule has 0 radical (unpaired) electrons. The lowest BCUT2D eigenvalue weighted by atomic mass is 9.95. The van der Waals surface area contributed by atoms with E-state index in [1.807, 2.05) is 18.2 Å². The maximum Gasteiger partial charge on any atom is 0.163 e. The van der Waals surface area contributed by atoms with E-state index in [1.165, 1.54) is 22.3 Å². The van der Waals surface area contributed by atoms with Crippen LogP contribution in [0.5, 0.6) is 0 Å². The predicted octanol–water partition coefficient (Wildman–Crippen LogP) is 3.79. The van der Waals surface area contributed by atoms with Gasteiger partial charge in [0.1, 0.15) is 0 Å². The number of fused-ring (bicyclic) bond motifs is 1. The summed E-state index contributed by atoms with van der Waals surface area (Å²) in [7, 11) is 0. The summed E-state index contributed by atoms with van der Waals surface area (Å²) in [5.74, 6) is 0.289. The van der Waals surface area contributed by atoms with Crippen LogP contribution in [0, 0.1) is 6.92 Å². The van der Waals surface area contributed by atoms with Crippen molar-refractivity contribution in [3.63, 3.8) is 0 Å². The molecule has 0 bridgehead atoms. The van der Waals surface area contributed by atoms with Crippen LogP contribution >= 0.6 is 0 Å². The fourth-order valence-corrected chi connectivity index (χ4v) is 2.55. The molecule has 0 atom stereocenters. The second-order valence-electron chi connectivity index (χ2n) is 4.61. The summed E-state index contributed by atoms with van der Waals surface area (Å²) >= 11 is 0. The standard InChI is InChI=1S/C16H14O/c1-11-9-13-7-8-16(17)15(13)10-14(11)12-5-3-2-4-6-12/h2-6,9-10H,7-8H2,1H3. The molecule has 0 heterocycles. The zero-order chi connectivity index (χ0) is 11.8. The van der Waals surface area contributed by atoms with E-state index in [2.05, 4.69) is 31.2 Å². The third-order valence-corrected chi connectivity index (χ3v) is 3.46. The first-order valence-electron chi connectivity index (χ1n) is 5.98. The topological polar surface area (TPSA) is 17.1 Å². The molecule has 1 aliphatic carbocycles. The molecule has 2 aromatic carbocycles. The number of rotatable bonds is 1. The summed E-state index contributed by atoms with van der Waals surface area (Å²) in [6.45, 7) is 2.12. The van der Waals surface area contributed by atoms with Crippen molar-refractivity contribution in [2.45, 2.75) is 19.8 Å². The van der Waals surface area contributed by atoms with Gasteiger partial charge in [0.05, 0.1) is 0 Å². The van der Waals surface area contributed by atoms with Gasteiger partial charge in [0.2, 0.25) is 0 Å². The number of carbonyl (C=O) groups excluding carboxylic acids is 1. The van der Waals surface area contributed by atoms with Gasteiger partial charge in [-0.15, -0.1) is 0 Å². The molecule has 1 heteroatoms. The molecule has 0 aromatic heterocycles. The summed E-state index contributed by atoms with van der Waals surface area (Å²) < 4.78 is 0. The second kappa shape index (κ2) is 3.85. The van der Waals surface area contributed by atoms with Gasteiger partial charge >= 0.3 is 0 Å². The maximum atomic E-state index is 11.8. The van der Waals surface area contributed by atoms with E-state index in [4.69, 9.17) is 0 Å². The highest BCUT2D eigenvalue weighted by Crippen LogP contribution is 2.31. The third-order valence-electron chi connectivity index (χ3n) is 3.46. The van der Waals surface area contributed by atoms with Crippen LogP contribution in [-0.2, 0) is 6.42 Å². The van der Waals surface area contributed by atoms with Crippen LogP contribution in [-0.4, -0.2) is 5.78 Å². The number of ketones is 1. The molecule has 84 valence electrons. The van der Waals surface area contributed by atoms with Crippen LogP contribution in [0.25, 0.3) is 11.1 Å². The Hall–Kier alpha value is -1.89. The molecular weight excluding hydrogens is 208 g/mol. The number of carbonyl (C=O) groups is 1. The summed E-state index contributed by atoms with van der Waals surface area (Å²) in [6.07, 6.45) is 1.58. The predicted molar refractivity (Wildman–Crippen MR) is 69.3 cm³/mol. The minimum absolute atomic E-state index is 0.289. The fourth-order valence-electron chi connectivity index (χ4n) is 2.55. The summed E-state index contributed by atoms with van der Waals surface area (Å²) in [6, 6.07) is 14.5. The van der Waals surface area contributed by atoms with Crippen molar-refractivity contribution in [1.82, 2.24) is 0 Å². The van der Waals surface area contributed by atoms with Crippen LogP contribution in [0.1, 0.15) is 27.9 Å². The average molecular weight is 222 g/mol. The zero-order valence-corrected chi connectivity index (χ0v) is 9.86. The lowest BCUT2D eigenvalue weighted by Gasteiger charge is -2.09. The van der Waals surface area contributed by atoms with Crippen molar-refractivity contribution >= 4 is 5.78 Å². The second-order valence-corrected chi connectivity index (χ2v) is 4.61. The normalized spacial score (nSPS) is 13.8. The van der Waals surface area contributed by atoms with Gasteiger partial charge in [-0.3, -0.25) is 4.79 Å². The Balaban J connectivity index is 2.19. The van der Waals surface area contributed by atoms with E-state index < -0.39 is 0 Å². The largest absolute Gasteiger partial charge is 0.294 e. The van der Waals surface area contributed by atoms with E-state index in [0.717, 1.165) is 12.0 Å². The first-order chi connectivity index (χ1) is 8.25. The van der Waals surface area contributed by atoms with E-state index in [1.54, 1.807) is 0 Å². The van der Waals surface area contributed by atoms with Gasteiger partial charge in [-0.1, -0.05) is 36.4 Å². The van der Waals surface area contributed by atoms with Gasteiger partial charge < -0.3 is 0 Å². The molecule has 1 nitrogen and oxygen atoms in total. The molecule has 0 spiro atoms. The third kappa shape index (κ3) is 1.68. The molecule has 0 unspecified atom stereocenters. The van der Waals surface area contributed by atoms with Gasteiger partial charge in [0.15, 0.2) is 5.78 Å². The van der Waals surface area contributed by atoms with Gasteiger partial charge in [-0.2, -0.15) is 0 Å². The Labute approximate surface area is 101 Å². The highest BCUT2D eigenvalue weighted by Gasteiger charge is 2.20. The van der Waals surface area contributed by atoms with Crippen LogP contribution in [0.4, 0.5) is 0 Å². The van der Waals surface area contributed by atoms with E-state index in [-0.39, 0.29) is 5.78 Å². The molecule has 1 aliphatic rings. The smallest absolute Gasteiger partial charge is 0.163 e. The number of Topliss-reactive ketones (excluding diaryl/α,β-unsaturated/α-hetero) is 1. The molecule has 0 aliphatic heterocycles. The van der Waals surface area contributed by atoms with Crippen LogP contribution in [0.2, 0.25) is 0 Å². The fraction of sp³-hybridized carbons (Fsp3) is 0.188. The molecule has 0 fully saturated rings. The van der Waals surface area contributed by atoms with Crippen molar-refractivity contribution in [2.75, 3.05) is 0 Å². The van der Waals surface area contributed by atoms with Crippen molar-refractivity contribution in [1.29, 1.82) is 0 Å². The first-order valence-corrected chi connectivity index (χ1v) is 5.98. The Morgan fingerprint density at radius 3 is 2.47 bits per heavy atom. The van der Waals surface area contributed by atoms with Crippen LogP contribution < -0.4 is 0 Å². The number of benzene rings is 2. The number of aryl methyl sites for hydroxylation is 2. The Morgan fingerprint density at radius 1 is 0.941 bits per heavy atom. The SMILES string of the molecule is Cc1cc2c(cc1-c1ccccc1)C(=O)CC2. The minimum atomic E-state index is 0.289. The monoisotopic (exact) mass is 222 g/mol. The Bertz CT molecular complexity index is 582. The van der Waals surface area contributed by atoms with Crippen molar-refractivity contribution < 1.29 is 4.79 Å². The highest BCUT2D eigenvalue weighted by atomic mass is 16.1. The maximum absolute atomic E-state index is 11.8. The molecule has 0 saturated carbocycles.